The van der Waals surface area contributed by atoms with E-state index in [4.69, 9.17) is 16.3 Å². The molecule has 23 heavy (non-hydrogen) atoms. The van der Waals surface area contributed by atoms with Crippen LogP contribution in [0.25, 0.3) is 0 Å². The van der Waals surface area contributed by atoms with Crippen LogP contribution in [0.2, 0.25) is 0 Å². The maximum atomic E-state index is 11.8. The van der Waals surface area contributed by atoms with Gasteiger partial charge in [0.1, 0.15) is 0 Å². The first-order chi connectivity index (χ1) is 11.2. The molecule has 1 saturated heterocycles. The minimum absolute atomic E-state index is 0.00407. The number of carbonyl (C=O) groups is 1. The molecule has 6 heteroatoms. The van der Waals surface area contributed by atoms with E-state index < -0.39 is 6.10 Å². The molecule has 2 N–H and O–H groups in total. The van der Waals surface area contributed by atoms with Gasteiger partial charge in [-0.05, 0) is 31.9 Å². The lowest BCUT2D eigenvalue weighted by molar-refractivity contribution is -0.148. The Labute approximate surface area is 142 Å². The van der Waals surface area contributed by atoms with Gasteiger partial charge in [0.15, 0.2) is 0 Å². The molecule has 5 nitrogen and oxygen atoms in total. The van der Waals surface area contributed by atoms with E-state index in [9.17, 15) is 9.90 Å². The van der Waals surface area contributed by atoms with Gasteiger partial charge < -0.3 is 20.1 Å². The molecule has 1 aromatic carbocycles. The van der Waals surface area contributed by atoms with Crippen molar-refractivity contribution in [1.29, 1.82) is 0 Å². The maximum Gasteiger partial charge on any atom is 0.309 e. The van der Waals surface area contributed by atoms with E-state index in [1.165, 1.54) is 0 Å². The van der Waals surface area contributed by atoms with Gasteiger partial charge in [-0.1, -0.05) is 12.1 Å². The normalized spacial score (nSPS) is 16.9. The van der Waals surface area contributed by atoms with Crippen molar-refractivity contribution in [3.63, 3.8) is 0 Å². The number of piperidine rings is 1. The van der Waals surface area contributed by atoms with E-state index in [1.54, 1.807) is 0 Å². The Hall–Kier alpha value is -1.46. The number of nitrogens with one attached hydrogen (secondary N) is 1. The van der Waals surface area contributed by atoms with Crippen molar-refractivity contribution in [2.45, 2.75) is 25.9 Å². The summed E-state index contributed by atoms with van der Waals surface area (Å²) in [5, 5.41) is 12.9. The smallest absolute Gasteiger partial charge is 0.309 e. The second kappa shape index (κ2) is 8.99. The number of halogens is 1. The number of rotatable bonds is 7. The Morgan fingerprint density at radius 3 is 2.78 bits per heavy atom. The summed E-state index contributed by atoms with van der Waals surface area (Å²) in [7, 11) is 0. The Bertz CT molecular complexity index is 504. The summed E-state index contributed by atoms with van der Waals surface area (Å²) in [4.78, 5) is 14.1. The number of esters is 1. The highest BCUT2D eigenvalue weighted by molar-refractivity contribution is 6.18. The Morgan fingerprint density at radius 2 is 2.13 bits per heavy atom. The summed E-state index contributed by atoms with van der Waals surface area (Å²) in [5.41, 5.74) is 2.07. The van der Waals surface area contributed by atoms with Crippen molar-refractivity contribution in [3.8, 4) is 0 Å². The monoisotopic (exact) mass is 340 g/mol. The highest BCUT2D eigenvalue weighted by atomic mass is 35.5. The molecule has 1 aliphatic heterocycles. The molecule has 128 valence electrons. The number of anilines is 2. The van der Waals surface area contributed by atoms with Crippen molar-refractivity contribution in [3.05, 3.63) is 24.3 Å². The standard InChI is InChI=1S/C17H25ClN2O3/c1-2-23-17(22)13-7-9-20(10-8-13)16-6-4-3-5-15(16)19-12-14(21)11-18/h3-6,13-14,19,21H,2,7-12H2,1H3. The molecule has 2 rings (SSSR count). The molecular formula is C17H25ClN2O3. The van der Waals surface area contributed by atoms with Crippen LogP contribution in [0, 0.1) is 5.92 Å². The fourth-order valence-electron chi connectivity index (χ4n) is 2.80. The van der Waals surface area contributed by atoms with Gasteiger partial charge in [0.25, 0.3) is 0 Å². The quantitative estimate of drug-likeness (QED) is 0.590. The lowest BCUT2D eigenvalue weighted by Gasteiger charge is -2.34. The summed E-state index contributed by atoms with van der Waals surface area (Å²) >= 11 is 5.63. The third-order valence-corrected chi connectivity index (χ3v) is 4.42. The SMILES string of the molecule is CCOC(=O)C1CCN(c2ccccc2NCC(O)CCl)CC1. The first kappa shape index (κ1) is 17.9. The molecular weight excluding hydrogens is 316 g/mol. The number of alkyl halides is 1. The summed E-state index contributed by atoms with van der Waals surface area (Å²) in [6, 6.07) is 8.01. The minimum Gasteiger partial charge on any atom is -0.466 e. The van der Waals surface area contributed by atoms with Crippen molar-refractivity contribution in [1.82, 2.24) is 0 Å². The third kappa shape index (κ3) is 5.01. The van der Waals surface area contributed by atoms with E-state index in [0.29, 0.717) is 13.2 Å². The van der Waals surface area contributed by atoms with E-state index in [1.807, 2.05) is 25.1 Å². The van der Waals surface area contributed by atoms with Gasteiger partial charge in [-0.3, -0.25) is 4.79 Å². The number of hydrogen-bond acceptors (Lipinski definition) is 5. The zero-order valence-electron chi connectivity index (χ0n) is 13.5. The summed E-state index contributed by atoms with van der Waals surface area (Å²) in [6.45, 7) is 4.33. The fraction of sp³-hybridized carbons (Fsp3) is 0.588. The number of aliphatic hydroxyl groups excluding tert-OH is 1. The molecule has 0 saturated carbocycles. The van der Waals surface area contributed by atoms with Gasteiger partial charge in [0.05, 0.1) is 35.9 Å². The van der Waals surface area contributed by atoms with Crippen molar-refractivity contribution < 1.29 is 14.6 Å². The van der Waals surface area contributed by atoms with Gasteiger partial charge >= 0.3 is 5.97 Å². The lowest BCUT2D eigenvalue weighted by Crippen LogP contribution is -2.37. The van der Waals surface area contributed by atoms with Crippen molar-refractivity contribution >= 4 is 28.9 Å². The van der Waals surface area contributed by atoms with Gasteiger partial charge in [-0.15, -0.1) is 11.6 Å². The van der Waals surface area contributed by atoms with E-state index >= 15 is 0 Å². The van der Waals surface area contributed by atoms with Gasteiger partial charge in [-0.2, -0.15) is 0 Å². The predicted molar refractivity (Wildman–Crippen MR) is 93.2 cm³/mol. The number of aliphatic hydroxyl groups is 1. The molecule has 0 aliphatic carbocycles. The van der Waals surface area contributed by atoms with E-state index in [0.717, 1.165) is 37.3 Å². The van der Waals surface area contributed by atoms with Crippen LogP contribution in [0.15, 0.2) is 24.3 Å². The summed E-state index contributed by atoms with van der Waals surface area (Å²) < 4.78 is 5.11. The number of hydrogen-bond donors (Lipinski definition) is 2. The molecule has 1 unspecified atom stereocenters. The number of nitrogens with zero attached hydrogens (tertiary/aromatic N) is 1. The Kier molecular flexibility index (Phi) is 6.99. The molecule has 1 aromatic rings. The summed E-state index contributed by atoms with van der Waals surface area (Å²) in [6.07, 6.45) is 1.04. The number of ether oxygens (including phenoxy) is 1. The molecule has 0 bridgehead atoms. The van der Waals surface area contributed by atoms with Crippen LogP contribution in [0.3, 0.4) is 0 Å². The first-order valence-corrected chi connectivity index (χ1v) is 8.67. The average molecular weight is 341 g/mol. The van der Waals surface area contributed by atoms with Crippen LogP contribution in [-0.2, 0) is 9.53 Å². The Balaban J connectivity index is 1.96. The molecule has 1 atom stereocenters. The van der Waals surface area contributed by atoms with Crippen molar-refractivity contribution in [2.75, 3.05) is 42.3 Å². The molecule has 0 amide bonds. The molecule has 1 heterocycles. The number of benzene rings is 1. The third-order valence-electron chi connectivity index (χ3n) is 4.07. The van der Waals surface area contributed by atoms with Crippen LogP contribution in [-0.4, -0.2) is 49.3 Å². The predicted octanol–water partition coefficient (Wildman–Crippen LogP) is 2.48. The zero-order chi connectivity index (χ0) is 16.7. The van der Waals surface area contributed by atoms with Crippen molar-refractivity contribution in [2.24, 2.45) is 5.92 Å². The second-order valence-corrected chi connectivity index (χ2v) is 6.03. The first-order valence-electron chi connectivity index (χ1n) is 8.14. The van der Waals surface area contributed by atoms with Gasteiger partial charge in [0.2, 0.25) is 0 Å². The van der Waals surface area contributed by atoms with E-state index in [-0.39, 0.29) is 17.8 Å². The van der Waals surface area contributed by atoms with Crippen LogP contribution < -0.4 is 10.2 Å². The molecule has 1 aliphatic rings. The summed E-state index contributed by atoms with van der Waals surface area (Å²) in [5.74, 6) is 0.133. The average Bonchev–Trinajstić information content (AvgIpc) is 2.60. The topological polar surface area (TPSA) is 61.8 Å². The number of carbonyl (C=O) groups excluding carboxylic acids is 1. The fourth-order valence-corrected chi connectivity index (χ4v) is 2.91. The zero-order valence-corrected chi connectivity index (χ0v) is 14.3. The largest absolute Gasteiger partial charge is 0.466 e. The lowest BCUT2D eigenvalue weighted by atomic mass is 9.96. The highest BCUT2D eigenvalue weighted by Gasteiger charge is 2.26. The number of para-hydroxylation sites is 2. The minimum atomic E-state index is -0.570. The van der Waals surface area contributed by atoms with E-state index in [2.05, 4.69) is 16.3 Å². The Morgan fingerprint density at radius 1 is 1.43 bits per heavy atom. The van der Waals surface area contributed by atoms with Crippen LogP contribution >= 0.6 is 11.6 Å². The molecule has 0 radical (unpaired) electrons. The maximum absolute atomic E-state index is 11.8. The van der Waals surface area contributed by atoms with Crippen LogP contribution in [0.5, 0.6) is 0 Å². The second-order valence-electron chi connectivity index (χ2n) is 5.72. The van der Waals surface area contributed by atoms with Gasteiger partial charge in [0, 0.05) is 19.6 Å². The van der Waals surface area contributed by atoms with Gasteiger partial charge in [-0.25, -0.2) is 0 Å². The van der Waals surface area contributed by atoms with Crippen LogP contribution in [0.1, 0.15) is 19.8 Å². The van der Waals surface area contributed by atoms with Crippen LogP contribution in [0.4, 0.5) is 11.4 Å². The molecule has 0 spiro atoms. The highest BCUT2D eigenvalue weighted by Crippen LogP contribution is 2.30. The molecule has 0 aromatic heterocycles. The molecule has 1 fully saturated rings.